The van der Waals surface area contributed by atoms with E-state index in [2.05, 4.69) is 5.10 Å². The van der Waals surface area contributed by atoms with Crippen molar-refractivity contribution in [3.63, 3.8) is 0 Å². The summed E-state index contributed by atoms with van der Waals surface area (Å²) in [6.45, 7) is 0. The maximum atomic E-state index is 13.6. The molecule has 0 aliphatic rings. The van der Waals surface area contributed by atoms with Crippen LogP contribution in [0.2, 0.25) is 0 Å². The largest absolute Gasteiger partial charge is 0.857 e. The van der Waals surface area contributed by atoms with E-state index in [1.54, 1.807) is 16.9 Å². The van der Waals surface area contributed by atoms with Gasteiger partial charge in [0.05, 0.1) is 5.39 Å². The molecule has 3 nitrogen and oxygen atoms in total. The van der Waals surface area contributed by atoms with Crippen LogP contribution in [0.1, 0.15) is 5.56 Å². The van der Waals surface area contributed by atoms with Crippen molar-refractivity contribution < 1.29 is 14.2 Å². The highest BCUT2D eigenvalue weighted by Gasteiger charge is 2.15. The van der Waals surface area contributed by atoms with Gasteiger partial charge in [-0.3, -0.25) is 0 Å². The summed E-state index contributed by atoms with van der Waals surface area (Å²) in [4.78, 5) is 0. The molecule has 0 bridgehead atoms. The molecule has 1 aromatic heterocycles. The molecular weight excluding hydrogens is 339 g/mol. The zero-order valence-corrected chi connectivity index (χ0v) is 14.5. The Labute approximate surface area is 156 Å². The number of pyridine rings is 1. The predicted octanol–water partition coefficient (Wildman–Crippen LogP) is 3.70. The fourth-order valence-corrected chi connectivity index (χ4v) is 3.04. The normalized spacial score (nSPS) is 11.7. The van der Waals surface area contributed by atoms with Gasteiger partial charge in [-0.15, -0.1) is 0 Å². The Kier molecular flexibility index (Phi) is 4.62. The molecule has 0 atom stereocenters. The molecule has 0 radical (unpaired) electrons. The third kappa shape index (κ3) is 3.85. The van der Waals surface area contributed by atoms with Crippen LogP contribution in [0.5, 0.6) is 0 Å². The molecule has 0 aliphatic heterocycles. The highest BCUT2D eigenvalue weighted by atomic mass is 19.1. The summed E-state index contributed by atoms with van der Waals surface area (Å²) in [7, 11) is 0. The van der Waals surface area contributed by atoms with Crippen molar-refractivity contribution in [2.75, 3.05) is 0 Å². The predicted molar refractivity (Wildman–Crippen MR) is 103 cm³/mol. The van der Waals surface area contributed by atoms with Gasteiger partial charge in [-0.1, -0.05) is 59.3 Å². The van der Waals surface area contributed by atoms with Crippen LogP contribution >= 0.6 is 0 Å². The van der Waals surface area contributed by atoms with Crippen LogP contribution in [-0.2, 0) is 6.42 Å². The molecule has 0 saturated carbocycles. The fraction of sp³-hybridized carbons (Fsp3) is 0.0435. The summed E-state index contributed by atoms with van der Waals surface area (Å²) in [6.07, 6.45) is 1.91. The van der Waals surface area contributed by atoms with Crippen molar-refractivity contribution in [3.05, 3.63) is 103 Å². The molecule has 0 saturated heterocycles. The summed E-state index contributed by atoms with van der Waals surface area (Å²) in [5.41, 5.74) is 2.61. The van der Waals surface area contributed by atoms with Crippen molar-refractivity contribution >= 4 is 16.7 Å². The van der Waals surface area contributed by atoms with Gasteiger partial charge in [-0.05, 0) is 40.3 Å². The molecule has 4 heteroatoms. The number of benzene rings is 3. The monoisotopic (exact) mass is 356 g/mol. The minimum atomic E-state index is -0.322. The van der Waals surface area contributed by atoms with E-state index in [1.807, 2.05) is 66.7 Å². The molecule has 4 rings (SSSR count). The van der Waals surface area contributed by atoms with E-state index >= 15 is 0 Å². The number of hydrogen-bond donors (Lipinski definition) is 0. The summed E-state index contributed by atoms with van der Waals surface area (Å²) < 4.78 is 15.2. The summed E-state index contributed by atoms with van der Waals surface area (Å²) in [5, 5.41) is 18.3. The zero-order valence-electron chi connectivity index (χ0n) is 14.5. The van der Waals surface area contributed by atoms with Gasteiger partial charge >= 0.3 is 0 Å². The Morgan fingerprint density at radius 1 is 0.852 bits per heavy atom. The van der Waals surface area contributed by atoms with Crippen LogP contribution in [-0.4, -0.2) is 5.90 Å². The van der Waals surface area contributed by atoms with Gasteiger partial charge in [0, 0.05) is 23.9 Å². The first-order chi connectivity index (χ1) is 13.2. The number of nitrogens with zero attached hydrogens (tertiary/aromatic N) is 2. The van der Waals surface area contributed by atoms with Gasteiger partial charge < -0.3 is 5.11 Å². The topological polar surface area (TPSA) is 39.3 Å². The Morgan fingerprint density at radius 2 is 1.56 bits per heavy atom. The van der Waals surface area contributed by atoms with Gasteiger partial charge in [-0.25, -0.2) is 4.39 Å². The minimum Gasteiger partial charge on any atom is -0.857 e. The van der Waals surface area contributed by atoms with E-state index in [9.17, 15) is 9.50 Å². The van der Waals surface area contributed by atoms with Crippen LogP contribution in [0.25, 0.3) is 22.0 Å². The Balaban J connectivity index is 1.82. The molecule has 132 valence electrons. The van der Waals surface area contributed by atoms with Crippen molar-refractivity contribution in [3.8, 4) is 11.3 Å². The molecule has 27 heavy (non-hydrogen) atoms. The van der Waals surface area contributed by atoms with Gasteiger partial charge in [0.1, 0.15) is 5.82 Å². The van der Waals surface area contributed by atoms with Crippen LogP contribution in [0.3, 0.4) is 0 Å². The van der Waals surface area contributed by atoms with Crippen LogP contribution in [0.4, 0.5) is 4.39 Å². The first kappa shape index (κ1) is 16.9. The molecule has 0 N–H and O–H groups in total. The quantitative estimate of drug-likeness (QED) is 0.312. The van der Waals surface area contributed by atoms with Gasteiger partial charge in [0.15, 0.2) is 0 Å². The van der Waals surface area contributed by atoms with Crippen molar-refractivity contribution in [1.82, 2.24) is 0 Å². The van der Waals surface area contributed by atoms with E-state index in [4.69, 9.17) is 0 Å². The van der Waals surface area contributed by atoms with E-state index in [0.717, 1.165) is 22.2 Å². The SMILES string of the molecule is [O-]/C(Cc1ccccc1)=N\[n+]1cc2cc(F)ccc2cc1-c1ccccc1. The van der Waals surface area contributed by atoms with Crippen molar-refractivity contribution in [2.45, 2.75) is 6.42 Å². The molecule has 0 amide bonds. The fourth-order valence-electron chi connectivity index (χ4n) is 3.04. The lowest BCUT2D eigenvalue weighted by molar-refractivity contribution is -0.669. The van der Waals surface area contributed by atoms with Crippen LogP contribution in [0, 0.1) is 5.82 Å². The molecule has 1 heterocycles. The number of rotatable bonds is 4. The van der Waals surface area contributed by atoms with Crippen molar-refractivity contribution in [1.29, 1.82) is 0 Å². The maximum Gasteiger partial charge on any atom is 0.245 e. The Bertz CT molecular complexity index is 1110. The van der Waals surface area contributed by atoms with E-state index in [-0.39, 0.29) is 18.1 Å². The van der Waals surface area contributed by atoms with Crippen LogP contribution < -0.4 is 9.78 Å². The second-order valence-corrected chi connectivity index (χ2v) is 6.30. The highest BCUT2D eigenvalue weighted by Crippen LogP contribution is 2.21. The zero-order chi connectivity index (χ0) is 18.6. The maximum absolute atomic E-state index is 13.6. The summed E-state index contributed by atoms with van der Waals surface area (Å²) >= 11 is 0. The molecular formula is C23H17FN2O. The smallest absolute Gasteiger partial charge is 0.245 e. The number of halogens is 1. The summed E-state index contributed by atoms with van der Waals surface area (Å²) in [5.74, 6) is -0.587. The third-order valence-corrected chi connectivity index (χ3v) is 4.34. The second-order valence-electron chi connectivity index (χ2n) is 6.30. The lowest BCUT2D eigenvalue weighted by Gasteiger charge is -2.08. The second kappa shape index (κ2) is 7.38. The molecule has 0 fully saturated rings. The first-order valence-corrected chi connectivity index (χ1v) is 8.68. The Hall–Kier alpha value is -3.53. The van der Waals surface area contributed by atoms with E-state index in [1.165, 1.54) is 12.1 Å². The molecule has 0 spiro atoms. The van der Waals surface area contributed by atoms with E-state index in [0.29, 0.717) is 5.39 Å². The third-order valence-electron chi connectivity index (χ3n) is 4.34. The number of aromatic nitrogens is 1. The summed E-state index contributed by atoms with van der Waals surface area (Å²) in [6, 6.07) is 25.7. The molecule has 0 unspecified atom stereocenters. The van der Waals surface area contributed by atoms with Gasteiger partial charge in [0.25, 0.3) is 0 Å². The Morgan fingerprint density at radius 3 is 2.30 bits per heavy atom. The lowest BCUT2D eigenvalue weighted by atomic mass is 10.1. The average Bonchev–Trinajstić information content (AvgIpc) is 2.69. The number of hydrogen-bond acceptors (Lipinski definition) is 2. The molecule has 0 aliphatic carbocycles. The minimum absolute atomic E-state index is 0.212. The van der Waals surface area contributed by atoms with Crippen molar-refractivity contribution in [2.24, 2.45) is 5.10 Å². The molecule has 4 aromatic rings. The average molecular weight is 356 g/mol. The first-order valence-electron chi connectivity index (χ1n) is 8.68. The standard InChI is InChI=1S/C23H17FN2O/c24-21-12-11-19-15-22(18-9-5-2-6-10-18)26(16-20(19)14-21)25-23(27)13-17-7-3-1-4-8-17/h1-12,14-16H,13H2. The van der Waals surface area contributed by atoms with Gasteiger partial charge in [0.2, 0.25) is 11.9 Å². The highest BCUT2D eigenvalue weighted by molar-refractivity contribution is 5.84. The lowest BCUT2D eigenvalue weighted by Crippen LogP contribution is -2.36. The molecule has 3 aromatic carbocycles. The van der Waals surface area contributed by atoms with Gasteiger partial charge in [-0.2, -0.15) is 0 Å². The van der Waals surface area contributed by atoms with Crippen LogP contribution in [0.15, 0.2) is 96.2 Å². The van der Waals surface area contributed by atoms with E-state index < -0.39 is 0 Å². The number of fused-ring (bicyclic) bond motifs is 1.